The van der Waals surface area contributed by atoms with Crippen LogP contribution in [0.1, 0.15) is 406 Å². The third kappa shape index (κ3) is 62.0. The number of hydrogen-bond acceptors (Lipinski definition) is 1. The molecule has 0 saturated heterocycles. The second-order valence-electron chi connectivity index (χ2n) is 23.0. The van der Waals surface area contributed by atoms with Crippen molar-refractivity contribution in [1.82, 2.24) is 4.90 Å². The molecule has 0 spiro atoms. The molecule has 0 aromatic carbocycles. The predicted molar refractivity (Wildman–Crippen MR) is 310 cm³/mol. The van der Waals surface area contributed by atoms with Crippen LogP contribution in [-0.2, 0) is 0 Å². The number of nitrogens with zero attached hydrogens (tertiary/aromatic N) is 1. The Morgan fingerprint density at radius 1 is 0.119 bits per heavy atom. The number of rotatable bonds is 63. The average Bonchev–Trinajstić information content (AvgIpc) is 3.34. The summed E-state index contributed by atoms with van der Waals surface area (Å²) in [6.45, 7) is 11.1. The lowest BCUT2D eigenvalue weighted by Gasteiger charge is -2.22. The van der Waals surface area contributed by atoms with Gasteiger partial charge in [-0.15, -0.1) is 0 Å². The van der Waals surface area contributed by atoms with Gasteiger partial charge in [-0.3, -0.25) is 0 Å². The van der Waals surface area contributed by atoms with Gasteiger partial charge in [0.15, 0.2) is 0 Å². The first-order valence-electron chi connectivity index (χ1n) is 33.1. The Hall–Kier alpha value is -0.0400. The maximum atomic E-state index is 2.90. The number of hydrogen-bond donors (Lipinski definition) is 0. The molecule has 67 heavy (non-hydrogen) atoms. The summed E-state index contributed by atoms with van der Waals surface area (Å²) in [5.41, 5.74) is 0. The highest BCUT2D eigenvalue weighted by molar-refractivity contribution is 4.62. The summed E-state index contributed by atoms with van der Waals surface area (Å²) in [5, 5.41) is 0. The first-order chi connectivity index (χ1) is 33.3. The molecule has 0 aromatic heterocycles. The molecule has 0 aromatic rings. The first kappa shape index (κ1) is 67.0. The Balaban J connectivity index is 3.97. The summed E-state index contributed by atoms with van der Waals surface area (Å²) in [4.78, 5) is 2.90. The highest BCUT2D eigenvalue weighted by atomic mass is 15.1. The Morgan fingerprint density at radius 3 is 0.313 bits per heavy atom. The molecular formula is C66H135N. The molecule has 0 N–H and O–H groups in total. The van der Waals surface area contributed by atoms with E-state index in [2.05, 4.69) is 25.7 Å². The first-order valence-corrected chi connectivity index (χ1v) is 33.1. The lowest BCUT2D eigenvalue weighted by molar-refractivity contribution is 0.254. The van der Waals surface area contributed by atoms with E-state index in [-0.39, 0.29) is 0 Å². The fourth-order valence-corrected chi connectivity index (χ4v) is 11.1. The maximum absolute atomic E-state index is 2.90. The van der Waals surface area contributed by atoms with Gasteiger partial charge in [0, 0.05) is 0 Å². The van der Waals surface area contributed by atoms with Gasteiger partial charge in [0.2, 0.25) is 0 Å². The van der Waals surface area contributed by atoms with Gasteiger partial charge >= 0.3 is 0 Å². The Labute approximate surface area is 428 Å². The van der Waals surface area contributed by atoms with Crippen LogP contribution in [-0.4, -0.2) is 24.5 Å². The molecule has 1 heteroatoms. The third-order valence-corrected chi connectivity index (χ3v) is 16.0. The van der Waals surface area contributed by atoms with Gasteiger partial charge in [0.25, 0.3) is 0 Å². The van der Waals surface area contributed by atoms with Crippen molar-refractivity contribution in [3.63, 3.8) is 0 Å². The Morgan fingerprint density at radius 2 is 0.209 bits per heavy atom. The summed E-state index contributed by atoms with van der Waals surface area (Å²) in [5.74, 6) is 0. The fourth-order valence-electron chi connectivity index (χ4n) is 11.1. The zero-order chi connectivity index (χ0) is 48.1. The van der Waals surface area contributed by atoms with E-state index in [0.29, 0.717) is 0 Å². The smallest absolute Gasteiger partial charge is 0.00187 e. The molecule has 0 unspecified atom stereocenters. The molecule has 1 nitrogen and oxygen atoms in total. The van der Waals surface area contributed by atoms with Crippen LogP contribution in [0.2, 0.25) is 0 Å². The lowest BCUT2D eigenvalue weighted by Crippen LogP contribution is -2.27. The summed E-state index contributed by atoms with van der Waals surface area (Å²) in [6.07, 6.45) is 88.5. The van der Waals surface area contributed by atoms with Crippen LogP contribution in [0.25, 0.3) is 0 Å². The molecule has 0 saturated carbocycles. The molecule has 0 aliphatic heterocycles. The zero-order valence-electron chi connectivity index (χ0n) is 48.0. The minimum atomic E-state index is 1.37. The van der Waals surface area contributed by atoms with Crippen molar-refractivity contribution in [3.05, 3.63) is 0 Å². The van der Waals surface area contributed by atoms with Crippen LogP contribution in [0.3, 0.4) is 0 Å². The molecule has 0 aliphatic rings. The second-order valence-corrected chi connectivity index (χ2v) is 23.0. The van der Waals surface area contributed by atoms with Crippen molar-refractivity contribution in [2.45, 2.75) is 406 Å². The molecule has 0 radical (unpaired) electrons. The van der Waals surface area contributed by atoms with Crippen LogP contribution in [0.15, 0.2) is 0 Å². The highest BCUT2D eigenvalue weighted by Crippen LogP contribution is 2.19. The van der Waals surface area contributed by atoms with E-state index in [9.17, 15) is 0 Å². The van der Waals surface area contributed by atoms with Crippen LogP contribution < -0.4 is 0 Å². The van der Waals surface area contributed by atoms with E-state index >= 15 is 0 Å². The fraction of sp³-hybridized carbons (Fsp3) is 1.00. The van der Waals surface area contributed by atoms with Gasteiger partial charge in [0.05, 0.1) is 0 Å². The monoisotopic (exact) mass is 942 g/mol. The van der Waals surface area contributed by atoms with Crippen molar-refractivity contribution in [2.24, 2.45) is 0 Å². The Bertz CT molecular complexity index is 701. The van der Waals surface area contributed by atoms with Crippen LogP contribution in [0.5, 0.6) is 0 Å². The van der Waals surface area contributed by atoms with Crippen molar-refractivity contribution < 1.29 is 0 Å². The zero-order valence-corrected chi connectivity index (χ0v) is 48.0. The summed E-state index contributed by atoms with van der Waals surface area (Å²) in [7, 11) is 0. The second kappa shape index (κ2) is 64.0. The van der Waals surface area contributed by atoms with E-state index in [1.54, 1.807) is 0 Å². The SMILES string of the molecule is CCCCCCCCCCCCCCCCCCCCCCN(CCCCCCCCCCCCCCCCCCCCCC)CCCCCCCCCCCCCCCCCCCCCC. The molecule has 0 rings (SSSR count). The maximum Gasteiger partial charge on any atom is -0.00187 e. The largest absolute Gasteiger partial charge is 0.303 e. The van der Waals surface area contributed by atoms with Gasteiger partial charge in [-0.2, -0.15) is 0 Å². The van der Waals surface area contributed by atoms with E-state index in [1.807, 2.05) is 0 Å². The summed E-state index contributed by atoms with van der Waals surface area (Å²) < 4.78 is 0. The molecule has 0 bridgehead atoms. The van der Waals surface area contributed by atoms with Crippen molar-refractivity contribution >= 4 is 0 Å². The van der Waals surface area contributed by atoms with E-state index in [0.717, 1.165) is 0 Å². The topological polar surface area (TPSA) is 3.24 Å². The highest BCUT2D eigenvalue weighted by Gasteiger charge is 2.06. The molecule has 0 heterocycles. The summed E-state index contributed by atoms with van der Waals surface area (Å²) in [6, 6.07) is 0. The van der Waals surface area contributed by atoms with Crippen molar-refractivity contribution in [1.29, 1.82) is 0 Å². The van der Waals surface area contributed by atoms with Crippen molar-refractivity contribution in [2.75, 3.05) is 19.6 Å². The average molecular weight is 943 g/mol. The van der Waals surface area contributed by atoms with Gasteiger partial charge in [-0.25, -0.2) is 0 Å². The quantitative estimate of drug-likeness (QED) is 0.0549. The minimum Gasteiger partial charge on any atom is -0.303 e. The van der Waals surface area contributed by atoms with Crippen LogP contribution in [0, 0.1) is 0 Å². The van der Waals surface area contributed by atoms with E-state index in [4.69, 9.17) is 0 Å². The molecule has 0 amide bonds. The molecule has 404 valence electrons. The Kier molecular flexibility index (Phi) is 63.9. The van der Waals surface area contributed by atoms with Crippen LogP contribution in [0.4, 0.5) is 0 Å². The molecule has 0 atom stereocenters. The summed E-state index contributed by atoms with van der Waals surface area (Å²) >= 11 is 0. The van der Waals surface area contributed by atoms with Gasteiger partial charge in [0.1, 0.15) is 0 Å². The van der Waals surface area contributed by atoms with Gasteiger partial charge < -0.3 is 4.90 Å². The third-order valence-electron chi connectivity index (χ3n) is 16.0. The standard InChI is InChI=1S/C66H135N/c1-4-7-10-13-16-19-22-25-28-31-34-37-40-43-46-49-52-55-58-61-64-67(65-62-59-56-53-50-47-44-41-38-35-32-29-26-23-20-17-14-11-8-5-2)66-63-60-57-54-51-48-45-42-39-36-33-30-27-24-21-18-15-12-9-6-3/h4-66H2,1-3H3. The van der Waals surface area contributed by atoms with Crippen LogP contribution >= 0.6 is 0 Å². The lowest BCUT2D eigenvalue weighted by atomic mass is 10.0. The van der Waals surface area contributed by atoms with Gasteiger partial charge in [-0.1, -0.05) is 387 Å². The predicted octanol–water partition coefficient (Wildman–Crippen LogP) is 24.8. The normalized spacial score (nSPS) is 11.8. The molecule has 0 aliphatic carbocycles. The number of unbranched alkanes of at least 4 members (excludes halogenated alkanes) is 57. The van der Waals surface area contributed by atoms with Crippen molar-refractivity contribution in [3.8, 4) is 0 Å². The molecule has 0 fully saturated rings. The molecular weight excluding hydrogens is 807 g/mol. The van der Waals surface area contributed by atoms with E-state index < -0.39 is 0 Å². The van der Waals surface area contributed by atoms with E-state index in [1.165, 1.54) is 405 Å². The van der Waals surface area contributed by atoms with Gasteiger partial charge in [-0.05, 0) is 38.9 Å². The minimum absolute atomic E-state index is 1.37.